The van der Waals surface area contributed by atoms with Crippen LogP contribution in [0, 0.1) is 5.92 Å². The molecule has 1 saturated heterocycles. The van der Waals surface area contributed by atoms with Gasteiger partial charge in [0.1, 0.15) is 36.3 Å². The highest BCUT2D eigenvalue weighted by molar-refractivity contribution is 6.22. The predicted molar refractivity (Wildman–Crippen MR) is 108 cm³/mol. The molecule has 1 aliphatic carbocycles. The number of ketones is 1. The van der Waals surface area contributed by atoms with E-state index in [1.54, 1.807) is 12.1 Å². The molecule has 9 unspecified atom stereocenters. The second-order valence-electron chi connectivity index (χ2n) is 8.34. The Hall–Kier alpha value is -2.05. The molecular weight excluding hydrogens is 424 g/mol. The fraction of sp³-hybridized carbons (Fsp3) is 0.591. The van der Waals surface area contributed by atoms with Gasteiger partial charge in [0.15, 0.2) is 12.1 Å². The van der Waals surface area contributed by atoms with Gasteiger partial charge in [-0.25, -0.2) is 0 Å². The summed E-state index contributed by atoms with van der Waals surface area (Å²) in [5.41, 5.74) is 1.05. The maximum atomic E-state index is 13.2. The molecule has 9 atom stereocenters. The van der Waals surface area contributed by atoms with Gasteiger partial charge in [0.05, 0.1) is 36.6 Å². The summed E-state index contributed by atoms with van der Waals surface area (Å²) in [4.78, 5) is 13.2. The van der Waals surface area contributed by atoms with Crippen LogP contribution in [0.25, 0.3) is 5.57 Å². The van der Waals surface area contributed by atoms with Crippen LogP contribution >= 0.6 is 0 Å². The average Bonchev–Trinajstić information content (AvgIpc) is 2.80. The molecule has 5 N–H and O–H groups in total. The first-order chi connectivity index (χ1) is 15.3. The zero-order chi connectivity index (χ0) is 23.0. The molecule has 0 radical (unpaired) electrons. The van der Waals surface area contributed by atoms with E-state index in [4.69, 9.17) is 18.9 Å². The summed E-state index contributed by atoms with van der Waals surface area (Å²) in [7, 11) is 1.49. The molecule has 0 bridgehead atoms. The molecule has 10 nitrogen and oxygen atoms in total. The molecule has 2 aliphatic heterocycles. The molecule has 176 valence electrons. The lowest BCUT2D eigenvalue weighted by molar-refractivity contribution is -0.322. The third kappa shape index (κ3) is 4.27. The Kier molecular flexibility index (Phi) is 6.82. The van der Waals surface area contributed by atoms with Gasteiger partial charge in [0.2, 0.25) is 0 Å². The number of carbonyl (C=O) groups excluding carboxylic acids is 1. The topological polar surface area (TPSA) is 155 Å². The van der Waals surface area contributed by atoms with Gasteiger partial charge in [0, 0.05) is 13.5 Å². The smallest absolute Gasteiger partial charge is 0.187 e. The Labute approximate surface area is 184 Å². The first-order valence-electron chi connectivity index (χ1n) is 10.5. The molecule has 2 heterocycles. The number of carbonyl (C=O) groups is 1. The van der Waals surface area contributed by atoms with Crippen molar-refractivity contribution in [3.63, 3.8) is 0 Å². The standard InChI is InChI=1S/C22H28O10/c1-29-15-6-12-14(30-9-13(18(12)25)10-2-4-11(24)5-3-10)7-16(15)31-22-21(28)20(27)19(26)17(8-23)32-22/h2-5,9,12,14-17,19-24,26-28H,6-8H2,1H3. The van der Waals surface area contributed by atoms with Crippen molar-refractivity contribution in [1.29, 1.82) is 0 Å². The minimum Gasteiger partial charge on any atom is -0.508 e. The average molecular weight is 452 g/mol. The summed E-state index contributed by atoms with van der Waals surface area (Å²) in [5.74, 6) is -0.467. The minimum absolute atomic E-state index is 0.0970. The molecule has 32 heavy (non-hydrogen) atoms. The van der Waals surface area contributed by atoms with Gasteiger partial charge < -0.3 is 44.5 Å². The number of phenols is 1. The van der Waals surface area contributed by atoms with Crippen LogP contribution in [0.1, 0.15) is 18.4 Å². The van der Waals surface area contributed by atoms with Gasteiger partial charge in [0.25, 0.3) is 0 Å². The molecule has 10 heteroatoms. The fourth-order valence-electron chi connectivity index (χ4n) is 4.53. The number of aliphatic hydroxyl groups excluding tert-OH is 4. The number of methoxy groups -OCH3 is 1. The molecule has 0 spiro atoms. The molecule has 2 fully saturated rings. The Bertz CT molecular complexity index is 838. The second-order valence-corrected chi connectivity index (χ2v) is 8.34. The number of ether oxygens (including phenoxy) is 4. The van der Waals surface area contributed by atoms with Crippen molar-refractivity contribution in [3.05, 3.63) is 36.1 Å². The molecule has 4 rings (SSSR count). The third-order valence-electron chi connectivity index (χ3n) is 6.42. The number of aromatic hydroxyl groups is 1. The number of benzene rings is 1. The maximum absolute atomic E-state index is 13.2. The van der Waals surface area contributed by atoms with Crippen LogP contribution in [0.4, 0.5) is 0 Å². The van der Waals surface area contributed by atoms with E-state index >= 15 is 0 Å². The van der Waals surface area contributed by atoms with Crippen molar-refractivity contribution in [2.75, 3.05) is 13.7 Å². The van der Waals surface area contributed by atoms with E-state index in [0.29, 0.717) is 17.6 Å². The lowest BCUT2D eigenvalue weighted by Gasteiger charge is -2.45. The zero-order valence-corrected chi connectivity index (χ0v) is 17.5. The number of aliphatic hydroxyl groups is 4. The summed E-state index contributed by atoms with van der Waals surface area (Å²) >= 11 is 0. The van der Waals surface area contributed by atoms with Crippen LogP contribution < -0.4 is 0 Å². The summed E-state index contributed by atoms with van der Waals surface area (Å²) < 4.78 is 22.7. The number of phenolic OH excluding ortho intramolecular Hbond substituents is 1. The van der Waals surface area contributed by atoms with Crippen LogP contribution in [-0.2, 0) is 23.7 Å². The van der Waals surface area contributed by atoms with Gasteiger partial charge in [-0.3, -0.25) is 4.79 Å². The Morgan fingerprint density at radius 3 is 2.41 bits per heavy atom. The first-order valence-corrected chi connectivity index (χ1v) is 10.5. The normalized spacial score (nSPS) is 39.7. The monoisotopic (exact) mass is 452 g/mol. The quantitative estimate of drug-likeness (QED) is 0.388. The van der Waals surface area contributed by atoms with Crippen molar-refractivity contribution in [1.82, 2.24) is 0 Å². The van der Waals surface area contributed by atoms with E-state index in [2.05, 4.69) is 0 Å². The number of Topliss-reactive ketones (excluding diaryl/α,β-unsaturated/α-hetero) is 1. The fourth-order valence-corrected chi connectivity index (χ4v) is 4.53. The van der Waals surface area contributed by atoms with Crippen LogP contribution in [0.5, 0.6) is 5.75 Å². The Morgan fingerprint density at radius 1 is 1.03 bits per heavy atom. The van der Waals surface area contributed by atoms with Crippen LogP contribution in [0.15, 0.2) is 30.5 Å². The highest BCUT2D eigenvalue weighted by atomic mass is 16.7. The van der Waals surface area contributed by atoms with Crippen molar-refractivity contribution >= 4 is 11.4 Å². The highest BCUT2D eigenvalue weighted by Gasteiger charge is 2.49. The van der Waals surface area contributed by atoms with Crippen molar-refractivity contribution < 1.29 is 49.3 Å². The summed E-state index contributed by atoms with van der Waals surface area (Å²) in [5, 5.41) is 49.1. The van der Waals surface area contributed by atoms with Crippen LogP contribution in [0.2, 0.25) is 0 Å². The second kappa shape index (κ2) is 9.44. The molecule has 3 aliphatic rings. The van der Waals surface area contributed by atoms with Crippen molar-refractivity contribution in [2.24, 2.45) is 5.92 Å². The number of fused-ring (bicyclic) bond motifs is 1. The lowest BCUT2D eigenvalue weighted by Crippen LogP contribution is -2.61. The van der Waals surface area contributed by atoms with E-state index in [9.17, 15) is 30.3 Å². The molecule has 0 aromatic heterocycles. The number of hydrogen-bond acceptors (Lipinski definition) is 10. The van der Waals surface area contributed by atoms with Gasteiger partial charge in [-0.1, -0.05) is 12.1 Å². The van der Waals surface area contributed by atoms with Gasteiger partial charge in [-0.2, -0.15) is 0 Å². The minimum atomic E-state index is -1.55. The van der Waals surface area contributed by atoms with Crippen LogP contribution in [0.3, 0.4) is 0 Å². The molecule has 0 amide bonds. The summed E-state index contributed by atoms with van der Waals surface area (Å²) in [6, 6.07) is 6.28. The predicted octanol–water partition coefficient (Wildman–Crippen LogP) is -0.689. The van der Waals surface area contributed by atoms with Crippen molar-refractivity contribution in [2.45, 2.75) is 61.9 Å². The summed E-state index contributed by atoms with van der Waals surface area (Å²) in [6.45, 7) is -0.559. The zero-order valence-electron chi connectivity index (χ0n) is 17.5. The van der Waals surface area contributed by atoms with Gasteiger partial charge >= 0.3 is 0 Å². The van der Waals surface area contributed by atoms with Gasteiger partial charge in [-0.05, 0) is 24.1 Å². The number of rotatable bonds is 5. The third-order valence-corrected chi connectivity index (χ3v) is 6.42. The number of hydrogen-bond donors (Lipinski definition) is 5. The van der Waals surface area contributed by atoms with E-state index in [1.807, 2.05) is 0 Å². The van der Waals surface area contributed by atoms with Crippen LogP contribution in [-0.4, -0.2) is 94.1 Å². The van der Waals surface area contributed by atoms with E-state index < -0.39 is 61.5 Å². The highest BCUT2D eigenvalue weighted by Crippen LogP contribution is 2.39. The van der Waals surface area contributed by atoms with Crippen molar-refractivity contribution in [3.8, 4) is 5.75 Å². The SMILES string of the molecule is COC1CC2C(=O)C(c3ccc(O)cc3)=COC2CC1OC1OC(CO)C(O)C(O)C1O. The Balaban J connectivity index is 1.49. The molecule has 1 saturated carbocycles. The molecule has 1 aromatic rings. The Morgan fingerprint density at radius 2 is 1.75 bits per heavy atom. The maximum Gasteiger partial charge on any atom is 0.187 e. The summed E-state index contributed by atoms with van der Waals surface area (Å²) in [6.07, 6.45) is -6.59. The molecular formula is C22H28O10. The van der Waals surface area contributed by atoms with E-state index in [1.165, 1.54) is 25.5 Å². The number of allylic oxidation sites excluding steroid dienone is 1. The van der Waals surface area contributed by atoms with E-state index in [0.717, 1.165) is 0 Å². The largest absolute Gasteiger partial charge is 0.508 e. The first kappa shape index (κ1) is 23.1. The molecule has 1 aromatic carbocycles. The van der Waals surface area contributed by atoms with E-state index in [-0.39, 0.29) is 18.0 Å². The van der Waals surface area contributed by atoms with Gasteiger partial charge in [-0.15, -0.1) is 0 Å². The lowest BCUT2D eigenvalue weighted by atomic mass is 9.76.